The van der Waals surface area contributed by atoms with Crippen molar-refractivity contribution >= 4 is 21.6 Å². The highest BCUT2D eigenvalue weighted by Crippen LogP contribution is 2.26. The molecular formula is C17H16ClN3O4S. The van der Waals surface area contributed by atoms with Gasteiger partial charge in [-0.2, -0.15) is 4.98 Å². The Kier molecular flexibility index (Phi) is 5.26. The summed E-state index contributed by atoms with van der Waals surface area (Å²) in [7, 11) is -2.40. The lowest BCUT2D eigenvalue weighted by Crippen LogP contribution is -2.24. The molecule has 9 heteroatoms. The standard InChI is InChI=1S/C17H16ClN3O4S/c1-11-7-8-14(24-2)15(9-11)26(22,23)19-10-16-20-17(21-25-16)12-5-3-4-6-13(12)18/h3-9,19H,10H2,1-2H3. The molecule has 7 nitrogen and oxygen atoms in total. The van der Waals surface area contributed by atoms with E-state index < -0.39 is 10.0 Å². The predicted molar refractivity (Wildman–Crippen MR) is 96.5 cm³/mol. The van der Waals surface area contributed by atoms with Crippen LogP contribution in [0.1, 0.15) is 11.5 Å². The van der Waals surface area contributed by atoms with Gasteiger partial charge in [-0.25, -0.2) is 13.1 Å². The van der Waals surface area contributed by atoms with E-state index in [1.165, 1.54) is 13.2 Å². The van der Waals surface area contributed by atoms with Crippen molar-refractivity contribution in [1.82, 2.24) is 14.9 Å². The van der Waals surface area contributed by atoms with Crippen molar-refractivity contribution in [2.45, 2.75) is 18.4 Å². The van der Waals surface area contributed by atoms with Gasteiger partial charge in [0.2, 0.25) is 21.7 Å². The summed E-state index contributed by atoms with van der Waals surface area (Å²) in [6, 6.07) is 11.9. The van der Waals surface area contributed by atoms with Gasteiger partial charge in [-0.15, -0.1) is 0 Å². The van der Waals surface area contributed by atoms with Crippen LogP contribution in [0, 0.1) is 6.92 Å². The molecule has 0 amide bonds. The zero-order chi connectivity index (χ0) is 18.7. The van der Waals surface area contributed by atoms with E-state index in [0.717, 1.165) is 5.56 Å². The SMILES string of the molecule is COc1ccc(C)cc1S(=O)(=O)NCc1nc(-c2ccccc2Cl)no1. The number of sulfonamides is 1. The Morgan fingerprint density at radius 1 is 1.23 bits per heavy atom. The molecule has 0 aliphatic heterocycles. The van der Waals surface area contributed by atoms with Gasteiger partial charge in [0.1, 0.15) is 10.6 Å². The number of nitrogens with zero attached hydrogens (tertiary/aromatic N) is 2. The Hall–Kier alpha value is -2.42. The number of hydrogen-bond donors (Lipinski definition) is 1. The van der Waals surface area contributed by atoms with E-state index in [1.807, 2.05) is 0 Å². The van der Waals surface area contributed by atoms with Crippen LogP contribution in [0.4, 0.5) is 0 Å². The van der Waals surface area contributed by atoms with Gasteiger partial charge in [0.05, 0.1) is 18.7 Å². The van der Waals surface area contributed by atoms with E-state index in [0.29, 0.717) is 10.6 Å². The maximum absolute atomic E-state index is 12.6. The van der Waals surface area contributed by atoms with Crippen molar-refractivity contribution in [3.8, 4) is 17.1 Å². The van der Waals surface area contributed by atoms with Crippen molar-refractivity contribution in [2.75, 3.05) is 7.11 Å². The minimum atomic E-state index is -3.82. The van der Waals surface area contributed by atoms with Crippen LogP contribution in [0.25, 0.3) is 11.4 Å². The van der Waals surface area contributed by atoms with Gasteiger partial charge in [0.15, 0.2) is 0 Å². The van der Waals surface area contributed by atoms with Gasteiger partial charge in [0, 0.05) is 5.56 Å². The Morgan fingerprint density at radius 2 is 2.00 bits per heavy atom. The van der Waals surface area contributed by atoms with Crippen LogP contribution in [0.3, 0.4) is 0 Å². The van der Waals surface area contributed by atoms with E-state index in [1.54, 1.807) is 43.3 Å². The van der Waals surface area contributed by atoms with Crippen LogP contribution in [0.2, 0.25) is 5.02 Å². The number of nitrogens with one attached hydrogen (secondary N) is 1. The first kappa shape index (κ1) is 18.4. The molecule has 1 heterocycles. The number of aryl methyl sites for hydroxylation is 1. The number of benzene rings is 2. The third kappa shape index (κ3) is 3.87. The van der Waals surface area contributed by atoms with Crippen molar-refractivity contribution in [2.24, 2.45) is 0 Å². The molecule has 26 heavy (non-hydrogen) atoms. The number of rotatable bonds is 6. The lowest BCUT2D eigenvalue weighted by Gasteiger charge is -2.10. The summed E-state index contributed by atoms with van der Waals surface area (Å²) in [6.45, 7) is 1.64. The molecule has 1 N–H and O–H groups in total. The average molecular weight is 394 g/mol. The lowest BCUT2D eigenvalue weighted by molar-refractivity contribution is 0.375. The third-order valence-electron chi connectivity index (χ3n) is 3.60. The predicted octanol–water partition coefficient (Wildman–Crippen LogP) is 3.19. The van der Waals surface area contributed by atoms with Crippen molar-refractivity contribution in [3.63, 3.8) is 0 Å². The zero-order valence-electron chi connectivity index (χ0n) is 14.1. The first-order valence-corrected chi connectivity index (χ1v) is 9.48. The largest absolute Gasteiger partial charge is 0.495 e. The van der Waals surface area contributed by atoms with E-state index in [9.17, 15) is 8.42 Å². The van der Waals surface area contributed by atoms with Crippen LogP contribution < -0.4 is 9.46 Å². The maximum Gasteiger partial charge on any atom is 0.244 e. The summed E-state index contributed by atoms with van der Waals surface area (Å²) in [5.41, 5.74) is 1.40. The van der Waals surface area contributed by atoms with Gasteiger partial charge in [-0.05, 0) is 36.8 Å². The Bertz CT molecular complexity index is 1030. The quantitative estimate of drug-likeness (QED) is 0.691. The Balaban J connectivity index is 1.79. The molecule has 0 saturated carbocycles. The van der Waals surface area contributed by atoms with Gasteiger partial charge in [-0.1, -0.05) is 35.0 Å². The summed E-state index contributed by atoms with van der Waals surface area (Å²) >= 11 is 6.10. The molecule has 136 valence electrons. The fraction of sp³-hybridized carbons (Fsp3) is 0.176. The normalized spacial score (nSPS) is 11.5. The highest BCUT2D eigenvalue weighted by atomic mass is 35.5. The average Bonchev–Trinajstić information content (AvgIpc) is 3.09. The molecule has 0 aliphatic carbocycles. The molecular weight excluding hydrogens is 378 g/mol. The first-order valence-electron chi connectivity index (χ1n) is 7.62. The van der Waals surface area contributed by atoms with Crippen LogP contribution in [0.15, 0.2) is 51.9 Å². The molecule has 0 saturated heterocycles. The van der Waals surface area contributed by atoms with Gasteiger partial charge in [0.25, 0.3) is 0 Å². The summed E-state index contributed by atoms with van der Waals surface area (Å²) < 4.78 is 37.8. The molecule has 0 unspecified atom stereocenters. The van der Waals surface area contributed by atoms with Crippen LogP contribution >= 0.6 is 11.6 Å². The number of hydrogen-bond acceptors (Lipinski definition) is 6. The second-order valence-corrected chi connectivity index (χ2v) is 7.61. The maximum atomic E-state index is 12.6. The molecule has 1 aromatic heterocycles. The highest BCUT2D eigenvalue weighted by molar-refractivity contribution is 7.89. The van der Waals surface area contributed by atoms with Crippen LogP contribution in [-0.4, -0.2) is 25.7 Å². The van der Waals surface area contributed by atoms with Crippen LogP contribution in [-0.2, 0) is 16.6 Å². The summed E-state index contributed by atoms with van der Waals surface area (Å²) in [4.78, 5) is 4.22. The smallest absolute Gasteiger partial charge is 0.244 e. The second-order valence-electron chi connectivity index (χ2n) is 5.47. The summed E-state index contributed by atoms with van der Waals surface area (Å²) in [6.07, 6.45) is 0. The fourth-order valence-electron chi connectivity index (χ4n) is 2.31. The minimum Gasteiger partial charge on any atom is -0.495 e. The van der Waals surface area contributed by atoms with E-state index >= 15 is 0 Å². The van der Waals surface area contributed by atoms with E-state index in [4.69, 9.17) is 20.9 Å². The Morgan fingerprint density at radius 3 is 2.73 bits per heavy atom. The fourth-order valence-corrected chi connectivity index (χ4v) is 3.75. The minimum absolute atomic E-state index is 0.0471. The topological polar surface area (TPSA) is 94.3 Å². The summed E-state index contributed by atoms with van der Waals surface area (Å²) in [5.74, 6) is 0.665. The number of ether oxygens (including phenoxy) is 1. The highest BCUT2D eigenvalue weighted by Gasteiger charge is 2.21. The molecule has 3 rings (SSSR count). The molecule has 0 spiro atoms. The van der Waals surface area contributed by atoms with Gasteiger partial charge < -0.3 is 9.26 Å². The number of aromatic nitrogens is 2. The molecule has 0 bridgehead atoms. The number of methoxy groups -OCH3 is 1. The molecule has 3 aromatic rings. The van der Waals surface area contributed by atoms with Gasteiger partial charge >= 0.3 is 0 Å². The first-order chi connectivity index (χ1) is 12.4. The second kappa shape index (κ2) is 7.45. The summed E-state index contributed by atoms with van der Waals surface area (Å²) in [5, 5.41) is 4.32. The monoisotopic (exact) mass is 393 g/mol. The van der Waals surface area contributed by atoms with E-state index in [2.05, 4.69) is 14.9 Å². The molecule has 0 aliphatic rings. The zero-order valence-corrected chi connectivity index (χ0v) is 15.6. The molecule has 0 radical (unpaired) electrons. The Labute approximate surface area is 156 Å². The van der Waals surface area contributed by atoms with Crippen molar-refractivity contribution in [1.29, 1.82) is 0 Å². The molecule has 0 atom stereocenters. The van der Waals surface area contributed by atoms with Crippen LogP contribution in [0.5, 0.6) is 5.75 Å². The molecule has 0 fully saturated rings. The molecule has 2 aromatic carbocycles. The van der Waals surface area contributed by atoms with Crippen molar-refractivity contribution in [3.05, 3.63) is 58.9 Å². The van der Waals surface area contributed by atoms with Gasteiger partial charge in [-0.3, -0.25) is 0 Å². The lowest BCUT2D eigenvalue weighted by atomic mass is 10.2. The van der Waals surface area contributed by atoms with Crippen molar-refractivity contribution < 1.29 is 17.7 Å². The van der Waals surface area contributed by atoms with E-state index in [-0.39, 0.29) is 28.9 Å². The third-order valence-corrected chi connectivity index (χ3v) is 5.36. The number of halogens is 1.